The van der Waals surface area contributed by atoms with Crippen LogP contribution in [0.1, 0.15) is 20.3 Å². The van der Waals surface area contributed by atoms with Gasteiger partial charge in [0.15, 0.2) is 0 Å². The van der Waals surface area contributed by atoms with Gasteiger partial charge in [-0.25, -0.2) is 0 Å². The number of nitrogens with one attached hydrogen (secondary N) is 1. The summed E-state index contributed by atoms with van der Waals surface area (Å²) in [6.45, 7) is 7.25. The lowest BCUT2D eigenvalue weighted by Crippen LogP contribution is -2.38. The maximum atomic E-state index is 11.4. The van der Waals surface area contributed by atoms with Crippen molar-refractivity contribution in [2.75, 3.05) is 26.2 Å². The van der Waals surface area contributed by atoms with Crippen molar-refractivity contribution in [3.8, 4) is 0 Å². The molecule has 0 radical (unpaired) electrons. The van der Waals surface area contributed by atoms with E-state index >= 15 is 0 Å². The van der Waals surface area contributed by atoms with E-state index in [1.807, 2.05) is 0 Å². The first-order valence-electron chi connectivity index (χ1n) is 5.32. The van der Waals surface area contributed by atoms with Crippen molar-refractivity contribution in [3.05, 3.63) is 0 Å². The third-order valence-corrected chi connectivity index (χ3v) is 2.38. The Morgan fingerprint density at radius 1 is 1.64 bits per heavy atom. The molecule has 4 nitrogen and oxygen atoms in total. The summed E-state index contributed by atoms with van der Waals surface area (Å²) in [5.74, 6) is 0.632. The second-order valence-corrected chi connectivity index (χ2v) is 4.48. The number of hydrogen-bond acceptors (Lipinski definition) is 3. The lowest BCUT2D eigenvalue weighted by Gasteiger charge is -2.15. The van der Waals surface area contributed by atoms with E-state index in [-0.39, 0.29) is 11.9 Å². The van der Waals surface area contributed by atoms with E-state index in [1.54, 1.807) is 0 Å². The minimum absolute atomic E-state index is 0.118. The van der Waals surface area contributed by atoms with Gasteiger partial charge >= 0.3 is 0 Å². The van der Waals surface area contributed by atoms with Crippen LogP contribution in [0.2, 0.25) is 0 Å². The first-order valence-corrected chi connectivity index (χ1v) is 5.32. The Morgan fingerprint density at radius 2 is 2.36 bits per heavy atom. The van der Waals surface area contributed by atoms with Gasteiger partial charge in [0, 0.05) is 25.7 Å². The van der Waals surface area contributed by atoms with Gasteiger partial charge in [-0.2, -0.15) is 0 Å². The van der Waals surface area contributed by atoms with E-state index in [1.165, 1.54) is 0 Å². The van der Waals surface area contributed by atoms with Crippen molar-refractivity contribution in [1.29, 1.82) is 0 Å². The molecule has 3 N–H and O–H groups in total. The first kappa shape index (κ1) is 11.5. The monoisotopic (exact) mass is 199 g/mol. The van der Waals surface area contributed by atoms with Crippen molar-refractivity contribution in [3.63, 3.8) is 0 Å². The molecule has 1 aliphatic rings. The molecule has 0 bridgehead atoms. The molecule has 1 fully saturated rings. The summed E-state index contributed by atoms with van der Waals surface area (Å²) in [7, 11) is 0. The predicted octanol–water partition coefficient (Wildman–Crippen LogP) is -0.208. The summed E-state index contributed by atoms with van der Waals surface area (Å²) in [5, 5.41) is 2.90. The summed E-state index contributed by atoms with van der Waals surface area (Å²) in [6, 6.07) is 0.257. The first-order chi connectivity index (χ1) is 6.58. The summed E-state index contributed by atoms with van der Waals surface area (Å²) in [6.07, 6.45) is 1.01. The zero-order valence-corrected chi connectivity index (χ0v) is 9.12. The van der Waals surface area contributed by atoms with Crippen LogP contribution in [0, 0.1) is 5.92 Å². The van der Waals surface area contributed by atoms with Crippen LogP contribution in [0.3, 0.4) is 0 Å². The van der Waals surface area contributed by atoms with Crippen molar-refractivity contribution in [2.45, 2.75) is 26.3 Å². The molecular formula is C10H21N3O. The Morgan fingerprint density at radius 3 is 2.86 bits per heavy atom. The lowest BCUT2D eigenvalue weighted by atomic mass is 10.2. The van der Waals surface area contributed by atoms with Gasteiger partial charge in [0.1, 0.15) is 0 Å². The van der Waals surface area contributed by atoms with E-state index in [0.29, 0.717) is 12.5 Å². The number of carbonyl (C=O) groups is 1. The second kappa shape index (κ2) is 5.32. The maximum absolute atomic E-state index is 11.4. The maximum Gasteiger partial charge on any atom is 0.234 e. The third kappa shape index (κ3) is 4.07. The highest BCUT2D eigenvalue weighted by Gasteiger charge is 2.20. The van der Waals surface area contributed by atoms with Gasteiger partial charge in [-0.1, -0.05) is 13.8 Å². The number of amides is 1. The zero-order valence-electron chi connectivity index (χ0n) is 9.12. The Kier molecular flexibility index (Phi) is 4.35. The van der Waals surface area contributed by atoms with Crippen LogP contribution in [-0.4, -0.2) is 43.0 Å². The quantitative estimate of drug-likeness (QED) is 0.659. The van der Waals surface area contributed by atoms with E-state index in [9.17, 15) is 4.79 Å². The number of hydrogen-bond donors (Lipinski definition) is 2. The average Bonchev–Trinajstić information content (AvgIpc) is 2.48. The molecule has 1 unspecified atom stereocenters. The Labute approximate surface area is 85.8 Å². The number of likely N-dealkylation sites (tertiary alicyclic amines) is 1. The van der Waals surface area contributed by atoms with E-state index in [2.05, 4.69) is 24.1 Å². The van der Waals surface area contributed by atoms with Crippen molar-refractivity contribution < 1.29 is 4.79 Å². The Balaban J connectivity index is 2.14. The molecule has 1 saturated heterocycles. The molecule has 1 heterocycles. The lowest BCUT2D eigenvalue weighted by molar-refractivity contribution is -0.122. The molecule has 1 rings (SSSR count). The third-order valence-electron chi connectivity index (χ3n) is 2.38. The molecule has 0 aromatic heterocycles. The molecule has 0 saturated carbocycles. The SMILES string of the molecule is CC(C)CNC(=O)CN1CCC(N)C1. The summed E-state index contributed by atoms with van der Waals surface area (Å²) < 4.78 is 0. The van der Waals surface area contributed by atoms with E-state index < -0.39 is 0 Å². The van der Waals surface area contributed by atoms with Gasteiger partial charge in [-0.05, 0) is 12.3 Å². The molecule has 82 valence electrons. The van der Waals surface area contributed by atoms with Crippen LogP contribution in [0.4, 0.5) is 0 Å². The molecule has 1 aliphatic heterocycles. The van der Waals surface area contributed by atoms with Crippen LogP contribution < -0.4 is 11.1 Å². The Hall–Kier alpha value is -0.610. The van der Waals surface area contributed by atoms with Crippen LogP contribution in [0.5, 0.6) is 0 Å². The Bertz CT molecular complexity index is 194. The second-order valence-electron chi connectivity index (χ2n) is 4.48. The number of nitrogens with two attached hydrogens (primary N) is 1. The largest absolute Gasteiger partial charge is 0.355 e. The van der Waals surface area contributed by atoms with Gasteiger partial charge in [0.2, 0.25) is 5.91 Å². The van der Waals surface area contributed by atoms with Gasteiger partial charge in [0.25, 0.3) is 0 Å². The fourth-order valence-electron chi connectivity index (χ4n) is 1.58. The molecular weight excluding hydrogens is 178 g/mol. The van der Waals surface area contributed by atoms with E-state index in [0.717, 1.165) is 26.1 Å². The summed E-state index contributed by atoms with van der Waals surface area (Å²) in [5.41, 5.74) is 5.75. The molecule has 0 aromatic carbocycles. The van der Waals surface area contributed by atoms with Gasteiger partial charge in [0.05, 0.1) is 6.54 Å². The van der Waals surface area contributed by atoms with Crippen molar-refractivity contribution in [2.24, 2.45) is 11.7 Å². The predicted molar refractivity (Wildman–Crippen MR) is 56.9 cm³/mol. The van der Waals surface area contributed by atoms with Crippen LogP contribution in [0.25, 0.3) is 0 Å². The normalized spacial score (nSPS) is 23.0. The van der Waals surface area contributed by atoms with Gasteiger partial charge in [-0.3, -0.25) is 9.69 Å². The molecule has 0 spiro atoms. The highest BCUT2D eigenvalue weighted by molar-refractivity contribution is 5.78. The van der Waals surface area contributed by atoms with E-state index in [4.69, 9.17) is 5.73 Å². The highest BCUT2D eigenvalue weighted by Crippen LogP contribution is 2.05. The van der Waals surface area contributed by atoms with Crippen molar-refractivity contribution >= 4 is 5.91 Å². The van der Waals surface area contributed by atoms with Gasteiger partial charge in [-0.15, -0.1) is 0 Å². The molecule has 0 aliphatic carbocycles. The molecule has 1 atom stereocenters. The number of carbonyl (C=O) groups excluding carboxylic acids is 1. The van der Waals surface area contributed by atoms with Crippen molar-refractivity contribution in [1.82, 2.24) is 10.2 Å². The summed E-state index contributed by atoms with van der Waals surface area (Å²) in [4.78, 5) is 13.5. The van der Waals surface area contributed by atoms with Crippen LogP contribution in [0.15, 0.2) is 0 Å². The number of rotatable bonds is 4. The fraction of sp³-hybridized carbons (Fsp3) is 0.900. The number of nitrogens with zero attached hydrogens (tertiary/aromatic N) is 1. The smallest absolute Gasteiger partial charge is 0.234 e. The van der Waals surface area contributed by atoms with Gasteiger partial charge < -0.3 is 11.1 Å². The minimum Gasteiger partial charge on any atom is -0.355 e. The zero-order chi connectivity index (χ0) is 10.6. The molecule has 0 aromatic rings. The van der Waals surface area contributed by atoms with Crippen LogP contribution in [-0.2, 0) is 4.79 Å². The summed E-state index contributed by atoms with van der Waals surface area (Å²) >= 11 is 0. The topological polar surface area (TPSA) is 58.4 Å². The van der Waals surface area contributed by atoms with Crippen LogP contribution >= 0.6 is 0 Å². The molecule has 14 heavy (non-hydrogen) atoms. The molecule has 4 heteroatoms. The minimum atomic E-state index is 0.118. The fourth-order valence-corrected chi connectivity index (χ4v) is 1.58. The molecule has 1 amide bonds. The average molecular weight is 199 g/mol. The highest BCUT2D eigenvalue weighted by atomic mass is 16.2. The standard InChI is InChI=1S/C10H21N3O/c1-8(2)5-12-10(14)7-13-4-3-9(11)6-13/h8-9H,3-7,11H2,1-2H3,(H,12,14).